The van der Waals surface area contributed by atoms with Crippen LogP contribution >= 0.6 is 0 Å². The lowest BCUT2D eigenvalue weighted by atomic mass is 10.1. The van der Waals surface area contributed by atoms with E-state index in [1.54, 1.807) is 38.4 Å². The second kappa shape index (κ2) is 7.22. The number of methoxy groups -OCH3 is 1. The molecule has 0 aliphatic rings. The van der Waals surface area contributed by atoms with E-state index >= 15 is 0 Å². The van der Waals surface area contributed by atoms with E-state index in [1.165, 1.54) is 12.1 Å². The SMILES string of the molecule is CNc1ccccc(C(=O)/C=C/c2ccc(OC)cc2)c1=O. The lowest BCUT2D eigenvalue weighted by Gasteiger charge is -1.99. The molecule has 2 aromatic carbocycles. The molecule has 0 heterocycles. The Kier molecular flexibility index (Phi) is 5.09. The molecule has 112 valence electrons. The van der Waals surface area contributed by atoms with E-state index in [4.69, 9.17) is 4.74 Å². The van der Waals surface area contributed by atoms with Crippen LogP contribution in [-0.2, 0) is 0 Å². The highest BCUT2D eigenvalue weighted by molar-refractivity contribution is 6.07. The van der Waals surface area contributed by atoms with Gasteiger partial charge in [-0.2, -0.15) is 0 Å². The van der Waals surface area contributed by atoms with Crippen molar-refractivity contribution in [3.63, 3.8) is 0 Å². The number of ketones is 1. The lowest BCUT2D eigenvalue weighted by molar-refractivity contribution is 0.104. The highest BCUT2D eigenvalue weighted by Crippen LogP contribution is 2.12. The number of carbonyl (C=O) groups excluding carboxylic acids is 1. The first-order valence-electron chi connectivity index (χ1n) is 6.83. The van der Waals surface area contributed by atoms with E-state index in [0.717, 1.165) is 11.3 Å². The largest absolute Gasteiger partial charge is 0.497 e. The first kappa shape index (κ1) is 15.5. The zero-order chi connectivity index (χ0) is 15.9. The van der Waals surface area contributed by atoms with Crippen molar-refractivity contribution in [1.29, 1.82) is 0 Å². The molecule has 4 nitrogen and oxygen atoms in total. The number of allylic oxidation sites excluding steroid dienone is 1. The van der Waals surface area contributed by atoms with Gasteiger partial charge in [-0.25, -0.2) is 0 Å². The van der Waals surface area contributed by atoms with E-state index in [9.17, 15) is 9.59 Å². The topological polar surface area (TPSA) is 55.4 Å². The molecule has 0 atom stereocenters. The fourth-order valence-corrected chi connectivity index (χ4v) is 1.97. The summed E-state index contributed by atoms with van der Waals surface area (Å²) in [6, 6.07) is 13.9. The number of hydrogen-bond donors (Lipinski definition) is 1. The molecule has 0 fully saturated rings. The maximum absolute atomic E-state index is 12.2. The Hall–Kier alpha value is -2.88. The molecule has 0 unspecified atom stereocenters. The van der Waals surface area contributed by atoms with Crippen LogP contribution in [0.2, 0.25) is 0 Å². The smallest absolute Gasteiger partial charge is 0.212 e. The zero-order valence-electron chi connectivity index (χ0n) is 12.5. The van der Waals surface area contributed by atoms with Crippen LogP contribution in [0, 0.1) is 0 Å². The quantitative estimate of drug-likeness (QED) is 0.680. The maximum atomic E-state index is 12.2. The number of carbonyl (C=O) groups is 1. The number of nitrogens with one attached hydrogen (secondary N) is 1. The molecule has 0 aliphatic heterocycles. The molecule has 0 saturated heterocycles. The molecule has 0 saturated carbocycles. The average molecular weight is 295 g/mol. The highest BCUT2D eigenvalue weighted by atomic mass is 16.5. The summed E-state index contributed by atoms with van der Waals surface area (Å²) in [4.78, 5) is 24.4. The number of rotatable bonds is 5. The standard InChI is InChI=1S/C18H17NO3/c1-19-16-6-4-3-5-15(18(16)21)17(20)12-9-13-7-10-14(22-2)11-8-13/h3-12H,1-2H3,(H,19,21)/b12-9+. The predicted molar refractivity (Wildman–Crippen MR) is 88.6 cm³/mol. The summed E-state index contributed by atoms with van der Waals surface area (Å²) >= 11 is 0. The fourth-order valence-electron chi connectivity index (χ4n) is 1.97. The Morgan fingerprint density at radius 2 is 1.77 bits per heavy atom. The second-order valence-corrected chi connectivity index (χ2v) is 4.60. The van der Waals surface area contributed by atoms with Crippen LogP contribution in [0.25, 0.3) is 6.08 Å². The highest BCUT2D eigenvalue weighted by Gasteiger charge is 2.08. The van der Waals surface area contributed by atoms with Gasteiger partial charge >= 0.3 is 0 Å². The summed E-state index contributed by atoms with van der Waals surface area (Å²) in [5, 5.41) is 2.79. The minimum absolute atomic E-state index is 0.138. The minimum atomic E-state index is -0.325. The third kappa shape index (κ3) is 3.61. The van der Waals surface area contributed by atoms with Gasteiger partial charge in [0.05, 0.1) is 18.4 Å². The van der Waals surface area contributed by atoms with E-state index < -0.39 is 0 Å². The van der Waals surface area contributed by atoms with Crippen molar-refractivity contribution < 1.29 is 9.53 Å². The van der Waals surface area contributed by atoms with Gasteiger partial charge in [0, 0.05) is 7.05 Å². The maximum Gasteiger partial charge on any atom is 0.212 e. The van der Waals surface area contributed by atoms with Gasteiger partial charge in [0.1, 0.15) is 5.75 Å². The van der Waals surface area contributed by atoms with E-state index in [-0.39, 0.29) is 16.8 Å². The summed E-state index contributed by atoms with van der Waals surface area (Å²) in [7, 11) is 3.25. The molecular formula is C18H17NO3. The summed E-state index contributed by atoms with van der Waals surface area (Å²) < 4.78 is 5.08. The summed E-state index contributed by atoms with van der Waals surface area (Å²) in [6.07, 6.45) is 3.07. The van der Waals surface area contributed by atoms with Crippen LogP contribution in [0.5, 0.6) is 5.75 Å². The number of hydrogen-bond acceptors (Lipinski definition) is 4. The summed E-state index contributed by atoms with van der Waals surface area (Å²) in [5.74, 6) is 0.424. The van der Waals surface area contributed by atoms with Crippen molar-refractivity contribution in [2.45, 2.75) is 0 Å². The molecule has 2 rings (SSSR count). The molecule has 4 heteroatoms. The molecule has 0 aromatic heterocycles. The number of benzene rings is 1. The average Bonchev–Trinajstić information content (AvgIpc) is 2.74. The number of ether oxygens (including phenoxy) is 1. The first-order chi connectivity index (χ1) is 10.7. The summed E-state index contributed by atoms with van der Waals surface area (Å²) in [6.45, 7) is 0. The van der Waals surface area contributed by atoms with Gasteiger partial charge in [-0.05, 0) is 35.9 Å². The van der Waals surface area contributed by atoms with Crippen molar-refractivity contribution in [1.82, 2.24) is 0 Å². The van der Waals surface area contributed by atoms with Gasteiger partial charge in [-0.15, -0.1) is 0 Å². The minimum Gasteiger partial charge on any atom is -0.497 e. The molecule has 0 amide bonds. The molecule has 2 aromatic rings. The van der Waals surface area contributed by atoms with Crippen LogP contribution in [0.3, 0.4) is 0 Å². The Morgan fingerprint density at radius 3 is 2.41 bits per heavy atom. The van der Waals surface area contributed by atoms with Crippen molar-refractivity contribution in [2.24, 2.45) is 0 Å². The summed E-state index contributed by atoms with van der Waals surface area (Å²) in [5.41, 5.74) is 1.08. The molecular weight excluding hydrogens is 278 g/mol. The molecule has 0 radical (unpaired) electrons. The lowest BCUT2D eigenvalue weighted by Crippen LogP contribution is -2.14. The first-order valence-corrected chi connectivity index (χ1v) is 6.83. The van der Waals surface area contributed by atoms with Gasteiger partial charge in [-0.3, -0.25) is 9.59 Å². The van der Waals surface area contributed by atoms with E-state index in [0.29, 0.717) is 5.69 Å². The van der Waals surface area contributed by atoms with Crippen molar-refractivity contribution in [3.05, 3.63) is 76.0 Å². The van der Waals surface area contributed by atoms with Crippen LogP contribution in [0.1, 0.15) is 15.9 Å². The molecule has 0 spiro atoms. The van der Waals surface area contributed by atoms with Gasteiger partial charge in [-0.1, -0.05) is 30.3 Å². The normalized spacial score (nSPS) is 10.5. The van der Waals surface area contributed by atoms with Gasteiger partial charge in [0.15, 0.2) is 5.78 Å². The predicted octanol–water partition coefficient (Wildman–Crippen LogP) is 2.99. The monoisotopic (exact) mass is 295 g/mol. The molecule has 0 aliphatic carbocycles. The van der Waals surface area contributed by atoms with Crippen molar-refractivity contribution in [3.8, 4) is 5.75 Å². The van der Waals surface area contributed by atoms with Crippen LogP contribution in [0.15, 0.2) is 59.4 Å². The number of anilines is 1. The Labute approximate surface area is 129 Å². The van der Waals surface area contributed by atoms with Crippen LogP contribution < -0.4 is 15.5 Å². The van der Waals surface area contributed by atoms with E-state index in [1.807, 2.05) is 24.3 Å². The zero-order valence-corrected chi connectivity index (χ0v) is 12.5. The Bertz CT molecular complexity index is 749. The van der Waals surface area contributed by atoms with Crippen LogP contribution in [0.4, 0.5) is 5.69 Å². The van der Waals surface area contributed by atoms with Crippen molar-refractivity contribution in [2.75, 3.05) is 19.5 Å². The van der Waals surface area contributed by atoms with Gasteiger partial charge in [0.25, 0.3) is 0 Å². The second-order valence-electron chi connectivity index (χ2n) is 4.60. The Morgan fingerprint density at radius 1 is 1.09 bits per heavy atom. The van der Waals surface area contributed by atoms with Crippen LogP contribution in [-0.4, -0.2) is 19.9 Å². The third-order valence-electron chi connectivity index (χ3n) is 3.20. The molecule has 0 bridgehead atoms. The molecule has 1 N–H and O–H groups in total. The third-order valence-corrected chi connectivity index (χ3v) is 3.20. The fraction of sp³-hybridized carbons (Fsp3) is 0.111. The van der Waals surface area contributed by atoms with E-state index in [2.05, 4.69) is 5.32 Å². The van der Waals surface area contributed by atoms with Gasteiger partial charge < -0.3 is 10.1 Å². The van der Waals surface area contributed by atoms with Gasteiger partial charge in [0.2, 0.25) is 5.43 Å². The Balaban J connectivity index is 2.27. The molecule has 22 heavy (non-hydrogen) atoms. The van der Waals surface area contributed by atoms with Crippen molar-refractivity contribution >= 4 is 17.5 Å².